The van der Waals surface area contributed by atoms with E-state index in [9.17, 15) is 4.79 Å². The smallest absolute Gasteiger partial charge is 0.320 e. The van der Waals surface area contributed by atoms with Gasteiger partial charge in [0.2, 0.25) is 0 Å². The van der Waals surface area contributed by atoms with Gasteiger partial charge in [0, 0.05) is 6.42 Å². The number of aromatic nitrogens is 1. The molecule has 0 aliphatic heterocycles. The third-order valence-corrected chi connectivity index (χ3v) is 2.17. The lowest BCUT2D eigenvalue weighted by Crippen LogP contribution is -2.32. The van der Waals surface area contributed by atoms with Crippen LogP contribution < -0.4 is 5.73 Å². The summed E-state index contributed by atoms with van der Waals surface area (Å²) < 4.78 is 0. The Morgan fingerprint density at radius 1 is 1.57 bits per heavy atom. The fourth-order valence-electron chi connectivity index (χ4n) is 0.896. The molecule has 1 heterocycles. The minimum atomic E-state index is -1.09. The number of carboxylic acids is 1. The Balaban J connectivity index is 2.85. The van der Waals surface area contributed by atoms with Gasteiger partial charge in [-0.3, -0.25) is 4.79 Å². The molecule has 0 aliphatic carbocycles. The largest absolute Gasteiger partial charge is 0.480 e. The van der Waals surface area contributed by atoms with Gasteiger partial charge in [0.1, 0.15) is 11.2 Å². The van der Waals surface area contributed by atoms with E-state index in [0.29, 0.717) is 10.7 Å². The lowest BCUT2D eigenvalue weighted by atomic mass is 10.1. The highest BCUT2D eigenvalue weighted by Crippen LogP contribution is 2.17. The zero-order valence-corrected chi connectivity index (χ0v) is 8.59. The Morgan fingerprint density at radius 3 is 2.79 bits per heavy atom. The van der Waals surface area contributed by atoms with Crippen LogP contribution in [-0.2, 0) is 11.2 Å². The number of pyridine rings is 1. The first-order chi connectivity index (χ1) is 6.50. The van der Waals surface area contributed by atoms with Crippen LogP contribution in [0.2, 0.25) is 10.2 Å². The standard InChI is InChI=1S/C8H8Cl2N2O2/c9-4-1-2-7(10)12-6(4)3-5(11)8(13)14/h1-2,5H,3,11H2,(H,13,14)/t5-/m1/s1. The quantitative estimate of drug-likeness (QED) is 0.775. The summed E-state index contributed by atoms with van der Waals surface area (Å²) >= 11 is 11.4. The van der Waals surface area contributed by atoms with Gasteiger partial charge in [-0.15, -0.1) is 0 Å². The van der Waals surface area contributed by atoms with Gasteiger partial charge in [-0.05, 0) is 12.1 Å². The van der Waals surface area contributed by atoms with Crippen LogP contribution in [0.5, 0.6) is 0 Å². The van der Waals surface area contributed by atoms with E-state index in [-0.39, 0.29) is 11.6 Å². The second-order valence-corrected chi connectivity index (χ2v) is 3.51. The van der Waals surface area contributed by atoms with E-state index >= 15 is 0 Å². The van der Waals surface area contributed by atoms with E-state index in [1.54, 1.807) is 6.07 Å². The van der Waals surface area contributed by atoms with Crippen molar-refractivity contribution in [3.05, 3.63) is 28.0 Å². The topological polar surface area (TPSA) is 76.2 Å². The molecule has 76 valence electrons. The van der Waals surface area contributed by atoms with E-state index in [1.165, 1.54) is 6.07 Å². The molecule has 6 heteroatoms. The van der Waals surface area contributed by atoms with Crippen LogP contribution in [0.25, 0.3) is 0 Å². The average molecular weight is 235 g/mol. The van der Waals surface area contributed by atoms with Gasteiger partial charge >= 0.3 is 5.97 Å². The predicted molar refractivity (Wildman–Crippen MR) is 53.6 cm³/mol. The molecular weight excluding hydrogens is 227 g/mol. The summed E-state index contributed by atoms with van der Waals surface area (Å²) in [6.45, 7) is 0. The molecule has 4 nitrogen and oxygen atoms in total. The van der Waals surface area contributed by atoms with Crippen molar-refractivity contribution in [2.75, 3.05) is 0 Å². The van der Waals surface area contributed by atoms with Crippen LogP contribution in [0.1, 0.15) is 5.69 Å². The molecule has 0 saturated carbocycles. The Labute approximate surface area is 90.6 Å². The summed E-state index contributed by atoms with van der Waals surface area (Å²) in [5.41, 5.74) is 5.72. The lowest BCUT2D eigenvalue weighted by Gasteiger charge is -2.07. The van der Waals surface area contributed by atoms with Gasteiger partial charge in [-0.1, -0.05) is 23.2 Å². The molecule has 0 spiro atoms. The Bertz CT molecular complexity index is 357. The summed E-state index contributed by atoms with van der Waals surface area (Å²) in [6.07, 6.45) is 0.0642. The van der Waals surface area contributed by atoms with Crippen molar-refractivity contribution in [3.63, 3.8) is 0 Å². The van der Waals surface area contributed by atoms with Crippen LogP contribution in [0, 0.1) is 0 Å². The predicted octanol–water partition coefficient (Wildman–Crippen LogP) is 1.34. The van der Waals surface area contributed by atoms with E-state index in [2.05, 4.69) is 4.98 Å². The van der Waals surface area contributed by atoms with Gasteiger partial charge in [-0.25, -0.2) is 4.98 Å². The molecule has 14 heavy (non-hydrogen) atoms. The molecule has 3 N–H and O–H groups in total. The molecule has 0 aromatic carbocycles. The van der Waals surface area contributed by atoms with Crippen molar-refractivity contribution in [1.29, 1.82) is 0 Å². The van der Waals surface area contributed by atoms with Crippen molar-refractivity contribution < 1.29 is 9.90 Å². The second kappa shape index (κ2) is 4.59. The first kappa shape index (κ1) is 11.2. The highest BCUT2D eigenvalue weighted by molar-refractivity contribution is 6.32. The van der Waals surface area contributed by atoms with Gasteiger partial charge in [-0.2, -0.15) is 0 Å². The molecule has 1 aromatic heterocycles. The van der Waals surface area contributed by atoms with Crippen molar-refractivity contribution in [3.8, 4) is 0 Å². The molecule has 1 atom stereocenters. The fourth-order valence-corrected chi connectivity index (χ4v) is 1.24. The van der Waals surface area contributed by atoms with E-state index in [1.807, 2.05) is 0 Å². The number of hydrogen-bond donors (Lipinski definition) is 2. The Morgan fingerprint density at radius 2 is 2.21 bits per heavy atom. The number of hydrogen-bond acceptors (Lipinski definition) is 3. The first-order valence-corrected chi connectivity index (χ1v) is 4.55. The number of carbonyl (C=O) groups is 1. The zero-order chi connectivity index (χ0) is 10.7. The number of aliphatic carboxylic acids is 1. The molecule has 0 unspecified atom stereocenters. The molecule has 0 bridgehead atoms. The maximum absolute atomic E-state index is 10.5. The molecule has 1 aromatic rings. The van der Waals surface area contributed by atoms with Gasteiger partial charge < -0.3 is 10.8 Å². The van der Waals surface area contributed by atoms with Gasteiger partial charge in [0.05, 0.1) is 10.7 Å². The summed E-state index contributed by atoms with van der Waals surface area (Å²) in [6, 6.07) is 2.07. The third kappa shape index (κ3) is 2.83. The second-order valence-electron chi connectivity index (χ2n) is 2.71. The number of halogens is 2. The lowest BCUT2D eigenvalue weighted by molar-refractivity contribution is -0.138. The molecular formula is C8H8Cl2N2O2. The minimum absolute atomic E-state index is 0.0642. The summed E-state index contributed by atoms with van der Waals surface area (Å²) in [4.78, 5) is 14.4. The molecule has 0 radical (unpaired) electrons. The monoisotopic (exact) mass is 234 g/mol. The van der Waals surface area contributed by atoms with Crippen LogP contribution in [-0.4, -0.2) is 22.1 Å². The normalized spacial score (nSPS) is 12.5. The third-order valence-electron chi connectivity index (χ3n) is 1.62. The molecule has 0 fully saturated rings. The molecule has 0 amide bonds. The maximum atomic E-state index is 10.5. The van der Waals surface area contributed by atoms with E-state index in [4.69, 9.17) is 34.0 Å². The van der Waals surface area contributed by atoms with Crippen LogP contribution in [0.15, 0.2) is 12.1 Å². The SMILES string of the molecule is N[C@H](Cc1nc(Cl)ccc1Cl)C(=O)O. The number of nitrogens with two attached hydrogens (primary N) is 1. The van der Waals surface area contributed by atoms with Crippen molar-refractivity contribution in [1.82, 2.24) is 4.98 Å². The number of nitrogens with zero attached hydrogens (tertiary/aromatic N) is 1. The van der Waals surface area contributed by atoms with Crippen LogP contribution in [0.3, 0.4) is 0 Å². The molecule has 0 saturated heterocycles. The molecule has 0 aliphatic rings. The van der Waals surface area contributed by atoms with E-state index in [0.717, 1.165) is 0 Å². The van der Waals surface area contributed by atoms with Crippen LogP contribution >= 0.6 is 23.2 Å². The van der Waals surface area contributed by atoms with Gasteiger partial charge in [0.25, 0.3) is 0 Å². The fraction of sp³-hybridized carbons (Fsp3) is 0.250. The average Bonchev–Trinajstić information content (AvgIpc) is 2.11. The summed E-state index contributed by atoms with van der Waals surface area (Å²) in [5, 5.41) is 9.21. The zero-order valence-electron chi connectivity index (χ0n) is 7.08. The highest BCUT2D eigenvalue weighted by atomic mass is 35.5. The summed E-state index contributed by atoms with van der Waals surface area (Å²) in [5.74, 6) is -1.09. The number of rotatable bonds is 3. The maximum Gasteiger partial charge on any atom is 0.320 e. The Kier molecular flexibility index (Phi) is 3.69. The first-order valence-electron chi connectivity index (χ1n) is 3.80. The van der Waals surface area contributed by atoms with Crippen molar-refractivity contribution in [2.24, 2.45) is 5.73 Å². The number of carboxylic acid groups (broad SMARTS) is 1. The minimum Gasteiger partial charge on any atom is -0.480 e. The van der Waals surface area contributed by atoms with Crippen molar-refractivity contribution >= 4 is 29.2 Å². The van der Waals surface area contributed by atoms with Gasteiger partial charge in [0.15, 0.2) is 0 Å². The molecule has 1 rings (SSSR count). The van der Waals surface area contributed by atoms with Crippen LogP contribution in [0.4, 0.5) is 0 Å². The van der Waals surface area contributed by atoms with E-state index < -0.39 is 12.0 Å². The van der Waals surface area contributed by atoms with Crippen molar-refractivity contribution in [2.45, 2.75) is 12.5 Å². The Hall–Kier alpha value is -0.840. The summed E-state index contributed by atoms with van der Waals surface area (Å²) in [7, 11) is 0. The highest BCUT2D eigenvalue weighted by Gasteiger charge is 2.15.